The van der Waals surface area contributed by atoms with Crippen molar-refractivity contribution in [2.45, 2.75) is 20.3 Å². The van der Waals surface area contributed by atoms with Crippen molar-refractivity contribution in [3.63, 3.8) is 0 Å². The fraction of sp³-hybridized carbons (Fsp3) is 0.167. The van der Waals surface area contributed by atoms with Gasteiger partial charge in [0.05, 0.1) is 17.4 Å². The molecule has 0 fully saturated rings. The number of benzene rings is 1. The second-order valence-electron chi connectivity index (χ2n) is 5.97. The molecule has 0 saturated heterocycles. The third kappa shape index (κ3) is 2.12. The monoisotopic (exact) mass is 337 g/mol. The summed E-state index contributed by atoms with van der Waals surface area (Å²) in [6, 6.07) is 2.98. The number of H-pyrrole nitrogens is 2. The summed E-state index contributed by atoms with van der Waals surface area (Å²) >= 11 is 0. The molecule has 4 N–H and O–H groups in total. The zero-order chi connectivity index (χ0) is 17.7. The number of nitrogens with zero attached hydrogens (tertiary/aromatic N) is 2. The van der Waals surface area contributed by atoms with E-state index in [4.69, 9.17) is 5.73 Å². The summed E-state index contributed by atoms with van der Waals surface area (Å²) in [5.41, 5.74) is 9.73. The van der Waals surface area contributed by atoms with E-state index in [-0.39, 0.29) is 16.8 Å². The zero-order valence-electron chi connectivity index (χ0n) is 13.8. The van der Waals surface area contributed by atoms with Gasteiger partial charge in [-0.05, 0) is 30.5 Å². The van der Waals surface area contributed by atoms with Gasteiger partial charge in [-0.3, -0.25) is 14.9 Å². The van der Waals surface area contributed by atoms with Gasteiger partial charge in [-0.25, -0.2) is 4.39 Å². The molecule has 0 saturated carbocycles. The molecule has 0 aliphatic rings. The van der Waals surface area contributed by atoms with Gasteiger partial charge in [-0.2, -0.15) is 5.10 Å². The Bertz CT molecular complexity index is 1190. The lowest BCUT2D eigenvalue weighted by Gasteiger charge is -2.15. The molecule has 4 aromatic rings. The van der Waals surface area contributed by atoms with Crippen LogP contribution in [0.1, 0.15) is 18.2 Å². The van der Waals surface area contributed by atoms with Gasteiger partial charge in [-0.15, -0.1) is 0 Å². The largest absolute Gasteiger partial charge is 0.394 e. The SMILES string of the molecule is CCc1cnc(C)c2[nH]c(=O)c(N)c(-c3ccc(F)c4[nH]ncc34)c12. The van der Waals surface area contributed by atoms with Crippen molar-refractivity contribution in [1.29, 1.82) is 0 Å². The van der Waals surface area contributed by atoms with Gasteiger partial charge in [-0.1, -0.05) is 13.0 Å². The first-order valence-electron chi connectivity index (χ1n) is 7.94. The van der Waals surface area contributed by atoms with Crippen LogP contribution < -0.4 is 11.3 Å². The highest BCUT2D eigenvalue weighted by Gasteiger charge is 2.19. The Balaban J connectivity index is 2.26. The van der Waals surface area contributed by atoms with Crippen molar-refractivity contribution < 1.29 is 4.39 Å². The van der Waals surface area contributed by atoms with Crippen LogP contribution in [0.5, 0.6) is 0 Å². The summed E-state index contributed by atoms with van der Waals surface area (Å²) in [6.45, 7) is 3.84. The lowest BCUT2D eigenvalue weighted by atomic mass is 9.93. The molecule has 4 rings (SSSR count). The molecule has 0 amide bonds. The maximum atomic E-state index is 14.0. The molecule has 0 radical (unpaired) electrons. The Morgan fingerprint density at radius 2 is 2.04 bits per heavy atom. The Morgan fingerprint density at radius 1 is 1.24 bits per heavy atom. The Kier molecular flexibility index (Phi) is 3.31. The molecule has 1 aromatic carbocycles. The molecular weight excluding hydrogens is 321 g/mol. The minimum Gasteiger partial charge on any atom is -0.394 e. The van der Waals surface area contributed by atoms with Crippen molar-refractivity contribution in [2.75, 3.05) is 5.73 Å². The van der Waals surface area contributed by atoms with E-state index in [1.807, 2.05) is 13.8 Å². The van der Waals surface area contributed by atoms with Crippen LogP contribution in [0.15, 0.2) is 29.3 Å². The van der Waals surface area contributed by atoms with Gasteiger partial charge in [0.25, 0.3) is 5.56 Å². The van der Waals surface area contributed by atoms with Crippen LogP contribution in [0.2, 0.25) is 0 Å². The number of nitrogens with one attached hydrogen (secondary N) is 2. The number of pyridine rings is 2. The molecule has 0 bridgehead atoms. The van der Waals surface area contributed by atoms with Crippen molar-refractivity contribution in [3.05, 3.63) is 52.0 Å². The maximum Gasteiger partial charge on any atom is 0.272 e. The fourth-order valence-corrected chi connectivity index (χ4v) is 3.28. The smallest absolute Gasteiger partial charge is 0.272 e. The van der Waals surface area contributed by atoms with Gasteiger partial charge >= 0.3 is 0 Å². The topological polar surface area (TPSA) is 100 Å². The molecule has 25 heavy (non-hydrogen) atoms. The number of aromatic nitrogens is 4. The Hall–Kier alpha value is -3.22. The molecule has 126 valence electrons. The van der Waals surface area contributed by atoms with Gasteiger partial charge in [0, 0.05) is 22.5 Å². The molecule has 6 nitrogen and oxygen atoms in total. The van der Waals surface area contributed by atoms with Crippen molar-refractivity contribution in [2.24, 2.45) is 0 Å². The van der Waals surface area contributed by atoms with E-state index in [2.05, 4.69) is 20.2 Å². The first-order chi connectivity index (χ1) is 12.0. The van der Waals surface area contributed by atoms with Gasteiger partial charge < -0.3 is 10.7 Å². The summed E-state index contributed by atoms with van der Waals surface area (Å²) < 4.78 is 14.0. The molecule has 0 unspecified atom stereocenters. The second kappa shape index (κ2) is 5.41. The first kappa shape index (κ1) is 15.3. The number of aryl methyl sites for hydroxylation is 2. The van der Waals surface area contributed by atoms with Crippen LogP contribution in [-0.4, -0.2) is 20.2 Å². The minimum absolute atomic E-state index is 0.0990. The van der Waals surface area contributed by atoms with Gasteiger partial charge in [0.15, 0.2) is 0 Å². The quantitative estimate of drug-likeness (QED) is 0.523. The fourth-order valence-electron chi connectivity index (χ4n) is 3.28. The number of hydrogen-bond donors (Lipinski definition) is 3. The Morgan fingerprint density at radius 3 is 2.80 bits per heavy atom. The first-order valence-corrected chi connectivity index (χ1v) is 7.94. The second-order valence-corrected chi connectivity index (χ2v) is 5.97. The third-order valence-corrected chi connectivity index (χ3v) is 4.56. The van der Waals surface area contributed by atoms with E-state index in [0.717, 1.165) is 17.4 Å². The summed E-state index contributed by atoms with van der Waals surface area (Å²) in [6.07, 6.45) is 4.05. The summed E-state index contributed by atoms with van der Waals surface area (Å²) in [5.74, 6) is -0.405. The summed E-state index contributed by atoms with van der Waals surface area (Å²) in [5, 5.41) is 8.01. The van der Waals surface area contributed by atoms with Crippen LogP contribution in [-0.2, 0) is 6.42 Å². The number of nitrogens with two attached hydrogens (primary N) is 1. The average molecular weight is 337 g/mol. The Labute approximate surface area is 141 Å². The number of nitrogen functional groups attached to an aromatic ring is 1. The standard InChI is InChI=1S/C18H16FN5O/c1-3-9-6-21-8(2)16-13(9)14(15(20)18(25)23-16)10-4-5-12(19)17-11(10)7-22-24-17/h4-7H,3,20H2,1-2H3,(H,22,24)(H,23,25). The van der Waals surface area contributed by atoms with Crippen LogP contribution in [0.4, 0.5) is 10.1 Å². The number of rotatable bonds is 2. The number of fused-ring (bicyclic) bond motifs is 2. The van der Waals surface area contributed by atoms with Gasteiger partial charge in [0.2, 0.25) is 0 Å². The molecular formula is C18H16FN5O. The van der Waals surface area contributed by atoms with Crippen LogP contribution >= 0.6 is 0 Å². The number of aromatic amines is 2. The van der Waals surface area contributed by atoms with E-state index < -0.39 is 5.82 Å². The van der Waals surface area contributed by atoms with Gasteiger partial charge in [0.1, 0.15) is 17.0 Å². The number of hydrogen-bond acceptors (Lipinski definition) is 4. The summed E-state index contributed by atoms with van der Waals surface area (Å²) in [4.78, 5) is 19.6. The van der Waals surface area contributed by atoms with Crippen molar-refractivity contribution in [1.82, 2.24) is 20.2 Å². The third-order valence-electron chi connectivity index (χ3n) is 4.56. The van der Waals surface area contributed by atoms with E-state index in [1.165, 1.54) is 6.07 Å². The average Bonchev–Trinajstić information content (AvgIpc) is 3.09. The lowest BCUT2D eigenvalue weighted by Crippen LogP contribution is -2.15. The number of halogens is 1. The molecule has 7 heteroatoms. The molecule has 0 aliphatic heterocycles. The predicted octanol–water partition coefficient (Wildman–Crippen LogP) is 3.06. The highest BCUT2D eigenvalue weighted by molar-refractivity contribution is 6.09. The maximum absolute atomic E-state index is 14.0. The van der Waals surface area contributed by atoms with E-state index in [9.17, 15) is 9.18 Å². The van der Waals surface area contributed by atoms with Crippen molar-refractivity contribution >= 4 is 27.5 Å². The minimum atomic E-state index is -0.405. The summed E-state index contributed by atoms with van der Waals surface area (Å²) in [7, 11) is 0. The lowest BCUT2D eigenvalue weighted by molar-refractivity contribution is 0.636. The highest BCUT2D eigenvalue weighted by atomic mass is 19.1. The van der Waals surface area contributed by atoms with Crippen molar-refractivity contribution in [3.8, 4) is 11.1 Å². The molecule has 3 heterocycles. The highest BCUT2D eigenvalue weighted by Crippen LogP contribution is 2.38. The zero-order valence-corrected chi connectivity index (χ0v) is 13.8. The van der Waals surface area contributed by atoms with Crippen LogP contribution in [0.3, 0.4) is 0 Å². The molecule has 0 aliphatic carbocycles. The normalized spacial score (nSPS) is 11.5. The molecule has 3 aromatic heterocycles. The van der Waals surface area contributed by atoms with Crippen LogP contribution in [0, 0.1) is 12.7 Å². The number of anilines is 1. The molecule has 0 spiro atoms. The van der Waals surface area contributed by atoms with E-state index in [1.54, 1.807) is 18.5 Å². The molecule has 0 atom stereocenters. The van der Waals surface area contributed by atoms with Crippen LogP contribution in [0.25, 0.3) is 32.9 Å². The predicted molar refractivity (Wildman–Crippen MR) is 95.9 cm³/mol. The van der Waals surface area contributed by atoms with E-state index >= 15 is 0 Å². The van der Waals surface area contributed by atoms with E-state index in [0.29, 0.717) is 27.7 Å².